The van der Waals surface area contributed by atoms with E-state index >= 15 is 0 Å². The van der Waals surface area contributed by atoms with Crippen molar-refractivity contribution in [2.24, 2.45) is 5.92 Å². The van der Waals surface area contributed by atoms with Crippen molar-refractivity contribution in [1.29, 1.82) is 0 Å². The van der Waals surface area contributed by atoms with Crippen LogP contribution in [0.5, 0.6) is 0 Å². The molecule has 2 rings (SSSR count). The van der Waals surface area contributed by atoms with E-state index in [2.05, 4.69) is 10.3 Å². The molecule has 1 unspecified atom stereocenters. The summed E-state index contributed by atoms with van der Waals surface area (Å²) < 4.78 is 13.0. The molecule has 94 valence electrons. The Balaban J connectivity index is 2.40. The van der Waals surface area contributed by atoms with Crippen molar-refractivity contribution in [2.45, 2.75) is 13.3 Å². The molecule has 1 atom stereocenters. The Morgan fingerprint density at radius 3 is 2.72 bits per heavy atom. The van der Waals surface area contributed by atoms with Gasteiger partial charge in [0.2, 0.25) is 11.8 Å². The number of amides is 4. The summed E-state index contributed by atoms with van der Waals surface area (Å²) in [4.78, 5) is 39.3. The minimum Gasteiger partial charge on any atom is -0.277 e. The van der Waals surface area contributed by atoms with Gasteiger partial charge in [-0.1, -0.05) is 6.92 Å². The molecule has 0 aromatic carbocycles. The molecular formula is C11H10FN3O3. The van der Waals surface area contributed by atoms with Gasteiger partial charge in [0.25, 0.3) is 0 Å². The van der Waals surface area contributed by atoms with E-state index in [1.165, 1.54) is 6.20 Å². The van der Waals surface area contributed by atoms with Crippen molar-refractivity contribution >= 4 is 23.5 Å². The minimum atomic E-state index is -0.939. The van der Waals surface area contributed by atoms with Crippen LogP contribution >= 0.6 is 0 Å². The summed E-state index contributed by atoms with van der Waals surface area (Å²) in [7, 11) is 0. The first kappa shape index (κ1) is 12.2. The number of barbiturate groups is 1. The number of halogens is 1. The Morgan fingerprint density at radius 2 is 2.11 bits per heavy atom. The smallest absolute Gasteiger partial charge is 0.277 e. The number of nitrogens with one attached hydrogen (secondary N) is 1. The van der Waals surface area contributed by atoms with Crippen LogP contribution in [0.3, 0.4) is 0 Å². The highest BCUT2D eigenvalue weighted by molar-refractivity contribution is 6.27. The first-order chi connectivity index (χ1) is 8.54. The number of pyridine rings is 1. The molecule has 18 heavy (non-hydrogen) atoms. The zero-order valence-electron chi connectivity index (χ0n) is 9.51. The fourth-order valence-corrected chi connectivity index (χ4v) is 1.74. The van der Waals surface area contributed by atoms with Gasteiger partial charge in [-0.2, -0.15) is 0 Å². The zero-order valence-corrected chi connectivity index (χ0v) is 9.51. The lowest BCUT2D eigenvalue weighted by molar-refractivity contribution is -0.134. The molecule has 1 aliphatic heterocycles. The van der Waals surface area contributed by atoms with Gasteiger partial charge in [0, 0.05) is 6.07 Å². The number of imide groups is 2. The Bertz CT molecular complexity index is 532. The lowest BCUT2D eigenvalue weighted by Crippen LogP contribution is -2.58. The summed E-state index contributed by atoms with van der Waals surface area (Å²) in [6, 6.07) is 0.120. The van der Waals surface area contributed by atoms with Crippen LogP contribution in [0.1, 0.15) is 13.3 Å². The van der Waals surface area contributed by atoms with Crippen LogP contribution in [0.4, 0.5) is 14.9 Å². The second-order valence-electron chi connectivity index (χ2n) is 3.79. The number of aromatic nitrogens is 1. The van der Waals surface area contributed by atoms with Crippen molar-refractivity contribution in [3.63, 3.8) is 0 Å². The summed E-state index contributed by atoms with van der Waals surface area (Å²) in [6.07, 6.45) is 2.40. The summed E-state index contributed by atoms with van der Waals surface area (Å²) in [6.45, 7) is 1.65. The van der Waals surface area contributed by atoms with Crippen molar-refractivity contribution in [2.75, 3.05) is 4.90 Å². The first-order valence-electron chi connectivity index (χ1n) is 5.34. The van der Waals surface area contributed by atoms with E-state index in [0.29, 0.717) is 0 Å². The monoisotopic (exact) mass is 251 g/mol. The summed E-state index contributed by atoms with van der Waals surface area (Å²) >= 11 is 0. The lowest BCUT2D eigenvalue weighted by atomic mass is 10.0. The highest BCUT2D eigenvalue weighted by atomic mass is 19.1. The Hall–Kier alpha value is -2.31. The van der Waals surface area contributed by atoms with Gasteiger partial charge >= 0.3 is 6.03 Å². The number of hydrogen-bond acceptors (Lipinski definition) is 4. The predicted molar refractivity (Wildman–Crippen MR) is 59.0 cm³/mol. The molecule has 1 aromatic rings. The third-order valence-corrected chi connectivity index (χ3v) is 2.63. The molecule has 2 heterocycles. The summed E-state index contributed by atoms with van der Waals surface area (Å²) in [5.74, 6) is -2.91. The average Bonchev–Trinajstić information content (AvgIpc) is 2.28. The van der Waals surface area contributed by atoms with Crippen LogP contribution in [-0.2, 0) is 9.59 Å². The van der Waals surface area contributed by atoms with Crippen LogP contribution in [0.25, 0.3) is 0 Å². The first-order valence-corrected chi connectivity index (χ1v) is 5.34. The quantitative estimate of drug-likeness (QED) is 0.789. The highest BCUT2D eigenvalue weighted by Gasteiger charge is 2.40. The predicted octanol–water partition coefficient (Wildman–Crippen LogP) is 0.830. The summed E-state index contributed by atoms with van der Waals surface area (Å²) in [5, 5.41) is 2.06. The van der Waals surface area contributed by atoms with Crippen molar-refractivity contribution < 1.29 is 18.8 Å². The van der Waals surface area contributed by atoms with E-state index in [0.717, 1.165) is 17.2 Å². The number of carbonyl (C=O) groups excluding carboxylic acids is 3. The molecule has 1 N–H and O–H groups in total. The number of urea groups is 1. The molecule has 7 heteroatoms. The van der Waals surface area contributed by atoms with Crippen molar-refractivity contribution in [3.05, 3.63) is 24.3 Å². The van der Waals surface area contributed by atoms with Gasteiger partial charge in [-0.05, 0) is 6.42 Å². The molecule has 0 saturated carbocycles. The third-order valence-electron chi connectivity index (χ3n) is 2.63. The topological polar surface area (TPSA) is 79.4 Å². The van der Waals surface area contributed by atoms with Gasteiger partial charge < -0.3 is 0 Å². The largest absolute Gasteiger partial charge is 0.335 e. The van der Waals surface area contributed by atoms with E-state index in [9.17, 15) is 18.8 Å². The fourth-order valence-electron chi connectivity index (χ4n) is 1.74. The molecule has 6 nitrogen and oxygen atoms in total. The lowest BCUT2D eigenvalue weighted by Gasteiger charge is -2.29. The van der Waals surface area contributed by atoms with Gasteiger partial charge in [-0.25, -0.2) is 14.1 Å². The second-order valence-corrected chi connectivity index (χ2v) is 3.79. The highest BCUT2D eigenvalue weighted by Crippen LogP contribution is 2.21. The summed E-state index contributed by atoms with van der Waals surface area (Å²) in [5.41, 5.74) is 0.00319. The minimum absolute atomic E-state index is 0.00319. The van der Waals surface area contributed by atoms with Crippen LogP contribution in [-0.4, -0.2) is 22.8 Å². The van der Waals surface area contributed by atoms with Crippen LogP contribution in [0.15, 0.2) is 18.5 Å². The van der Waals surface area contributed by atoms with Gasteiger partial charge in [0.1, 0.15) is 11.7 Å². The van der Waals surface area contributed by atoms with Gasteiger partial charge in [-0.15, -0.1) is 0 Å². The molecule has 1 fully saturated rings. The molecule has 1 saturated heterocycles. The van der Waals surface area contributed by atoms with E-state index in [-0.39, 0.29) is 12.1 Å². The SMILES string of the molecule is CCC1C(=O)NC(=O)N(c2cncc(F)c2)C1=O. The van der Waals surface area contributed by atoms with Crippen LogP contribution < -0.4 is 10.2 Å². The Morgan fingerprint density at radius 1 is 1.39 bits per heavy atom. The molecule has 0 bridgehead atoms. The van der Waals surface area contributed by atoms with Crippen LogP contribution in [0, 0.1) is 11.7 Å². The number of rotatable bonds is 2. The Labute approximate surface area is 102 Å². The molecule has 0 aliphatic carbocycles. The van der Waals surface area contributed by atoms with Gasteiger partial charge in [0.05, 0.1) is 18.1 Å². The van der Waals surface area contributed by atoms with E-state index in [1.807, 2.05) is 0 Å². The number of hydrogen-bond donors (Lipinski definition) is 1. The Kier molecular flexibility index (Phi) is 3.05. The molecular weight excluding hydrogens is 241 g/mol. The maximum absolute atomic E-state index is 13.0. The third kappa shape index (κ3) is 1.94. The number of nitrogens with zero attached hydrogens (tertiary/aromatic N) is 2. The maximum Gasteiger partial charge on any atom is 0.335 e. The van der Waals surface area contributed by atoms with Crippen molar-refractivity contribution in [1.82, 2.24) is 10.3 Å². The van der Waals surface area contributed by atoms with Gasteiger partial charge in [0.15, 0.2) is 0 Å². The zero-order chi connectivity index (χ0) is 13.3. The molecule has 4 amide bonds. The molecule has 1 aliphatic rings. The standard InChI is InChI=1S/C11H10FN3O3/c1-2-8-9(16)14-11(18)15(10(8)17)7-3-6(12)4-13-5-7/h3-5,8H,2H2,1H3,(H,14,16,18). The van der Waals surface area contributed by atoms with E-state index in [4.69, 9.17) is 0 Å². The van der Waals surface area contributed by atoms with Crippen LogP contribution in [0.2, 0.25) is 0 Å². The fraction of sp³-hybridized carbons (Fsp3) is 0.273. The van der Waals surface area contributed by atoms with E-state index in [1.54, 1.807) is 6.92 Å². The van der Waals surface area contributed by atoms with Crippen molar-refractivity contribution in [3.8, 4) is 0 Å². The number of carbonyl (C=O) groups is 3. The molecule has 0 radical (unpaired) electrons. The van der Waals surface area contributed by atoms with E-state index < -0.39 is 29.6 Å². The van der Waals surface area contributed by atoms with Gasteiger partial charge in [-0.3, -0.25) is 19.9 Å². The normalized spacial score (nSPS) is 20.0. The second kappa shape index (κ2) is 4.52. The number of anilines is 1. The molecule has 0 spiro atoms. The maximum atomic E-state index is 13.0. The molecule has 1 aromatic heterocycles. The average molecular weight is 251 g/mol.